The molecule has 1 N–H and O–H groups in total. The highest BCUT2D eigenvalue weighted by Crippen LogP contribution is 2.32. The van der Waals surface area contributed by atoms with Gasteiger partial charge in [0.1, 0.15) is 5.53 Å². The van der Waals surface area contributed by atoms with Crippen molar-refractivity contribution in [3.8, 4) is 0 Å². The average Bonchev–Trinajstić information content (AvgIpc) is 2.36. The molecule has 6 nitrogen and oxygen atoms in total. The van der Waals surface area contributed by atoms with Gasteiger partial charge in [0, 0.05) is 5.38 Å². The molecule has 0 bridgehead atoms. The smallest absolute Gasteiger partial charge is 0.257 e. The first kappa shape index (κ1) is 7.52. The molecule has 56 valence electrons. The van der Waals surface area contributed by atoms with Gasteiger partial charge in [0.05, 0.1) is 4.92 Å². The molecule has 0 spiro atoms. The van der Waals surface area contributed by atoms with Gasteiger partial charge in [0.2, 0.25) is 10.6 Å². The molecular weight excluding hydrogens is 168 g/mol. The van der Waals surface area contributed by atoms with Crippen molar-refractivity contribution < 1.29 is 4.92 Å². The van der Waals surface area contributed by atoms with Crippen molar-refractivity contribution >= 4 is 22.0 Å². The number of hydrogen-bond acceptors (Lipinski definition) is 5. The Bertz CT molecular complexity index is 310. The number of hydrogen-bond donors (Lipinski definition) is 1. The Morgan fingerprint density at radius 1 is 1.82 bits per heavy atom. The van der Waals surface area contributed by atoms with Gasteiger partial charge >= 0.3 is 5.00 Å². The van der Waals surface area contributed by atoms with Crippen molar-refractivity contribution in [2.45, 2.75) is 0 Å². The maximum absolute atomic E-state index is 10.2. The van der Waals surface area contributed by atoms with Crippen molar-refractivity contribution in [2.24, 2.45) is 5.11 Å². The molecule has 0 aliphatic carbocycles. The topological polar surface area (TPSA) is 93.5 Å². The second-order valence-electron chi connectivity index (χ2n) is 1.57. The van der Waals surface area contributed by atoms with Gasteiger partial charge in [-0.25, -0.2) is 0 Å². The zero-order chi connectivity index (χ0) is 8.27. The lowest BCUT2D eigenvalue weighted by atomic mass is 10.5. The number of thiophene rings is 1. The summed E-state index contributed by atoms with van der Waals surface area (Å²) in [6, 6.07) is 1.45. The van der Waals surface area contributed by atoms with Gasteiger partial charge in [0.25, 0.3) is 0 Å². The van der Waals surface area contributed by atoms with Gasteiger partial charge in [-0.1, -0.05) is 11.3 Å². The number of nitro groups is 1. The van der Waals surface area contributed by atoms with Crippen LogP contribution in [0.3, 0.4) is 0 Å². The van der Waals surface area contributed by atoms with Gasteiger partial charge in [-0.05, 0) is 6.07 Å². The van der Waals surface area contributed by atoms with Crippen LogP contribution in [0.5, 0.6) is 0 Å². The van der Waals surface area contributed by atoms with Crippen LogP contribution in [0.25, 0.3) is 0 Å². The minimum Gasteiger partial charge on any atom is -0.257 e. The number of nitrogens with one attached hydrogen (secondary N) is 1. The first-order valence-electron chi connectivity index (χ1n) is 2.55. The van der Waals surface area contributed by atoms with Gasteiger partial charge in [-0.3, -0.25) is 10.1 Å². The van der Waals surface area contributed by atoms with Crippen LogP contribution in [0.15, 0.2) is 16.6 Å². The van der Waals surface area contributed by atoms with Crippen LogP contribution in [-0.4, -0.2) is 4.92 Å². The molecule has 1 rings (SSSR count). The monoisotopic (exact) mass is 171 g/mol. The minimum atomic E-state index is -0.547. The fraction of sp³-hybridized carbons (Fsp3) is 0. The fourth-order valence-corrected chi connectivity index (χ4v) is 1.20. The molecule has 0 radical (unpaired) electrons. The Balaban J connectivity index is 3.15. The molecule has 1 heterocycles. The van der Waals surface area contributed by atoms with E-state index in [1.807, 2.05) is 0 Å². The van der Waals surface area contributed by atoms with Crippen LogP contribution in [0.1, 0.15) is 0 Å². The van der Waals surface area contributed by atoms with Crippen LogP contribution in [0.2, 0.25) is 0 Å². The van der Waals surface area contributed by atoms with E-state index in [4.69, 9.17) is 5.53 Å². The largest absolute Gasteiger partial charge is 0.357 e. The van der Waals surface area contributed by atoms with Crippen LogP contribution >= 0.6 is 11.3 Å². The molecule has 0 aromatic carbocycles. The van der Waals surface area contributed by atoms with E-state index >= 15 is 0 Å². The quantitative estimate of drug-likeness (QED) is 0.318. The zero-order valence-electron chi connectivity index (χ0n) is 5.22. The van der Waals surface area contributed by atoms with Crippen molar-refractivity contribution in [1.82, 2.24) is 4.91 Å². The second-order valence-corrected chi connectivity index (χ2v) is 2.46. The van der Waals surface area contributed by atoms with Gasteiger partial charge in [0.15, 0.2) is 5.11 Å². The highest BCUT2D eigenvalue weighted by molar-refractivity contribution is 7.14. The summed E-state index contributed by atoms with van der Waals surface area (Å²) in [6.45, 7) is 0. The lowest BCUT2D eigenvalue weighted by Crippen LogP contribution is -1.82. The van der Waals surface area contributed by atoms with Crippen molar-refractivity contribution in [1.29, 1.82) is 5.53 Å². The predicted molar refractivity (Wildman–Crippen MR) is 37.9 cm³/mol. The molecule has 11 heavy (non-hydrogen) atoms. The summed E-state index contributed by atoms with van der Waals surface area (Å²) in [6.07, 6.45) is 0. The normalized spacial score (nSPS) is 8.73. The van der Waals surface area contributed by atoms with Gasteiger partial charge in [-0.2, -0.15) is 0 Å². The molecular formula is C4H3N4O2S+. The van der Waals surface area contributed by atoms with Crippen molar-refractivity contribution in [2.75, 3.05) is 0 Å². The lowest BCUT2D eigenvalue weighted by molar-refractivity contribution is -0.379. The predicted octanol–water partition coefficient (Wildman–Crippen LogP) is 1.84. The molecule has 0 amide bonds. The third kappa shape index (κ3) is 1.46. The maximum atomic E-state index is 10.2. The third-order valence-corrected chi connectivity index (χ3v) is 1.80. The van der Waals surface area contributed by atoms with E-state index in [1.165, 1.54) is 11.4 Å². The molecule has 1 aromatic rings. The Morgan fingerprint density at radius 2 is 2.55 bits per heavy atom. The number of nitrogens with zero attached hydrogens (tertiary/aromatic N) is 3. The summed E-state index contributed by atoms with van der Waals surface area (Å²) in [5.74, 6) is 0. The van der Waals surface area contributed by atoms with Crippen molar-refractivity contribution in [3.05, 3.63) is 21.6 Å². The molecule has 7 heteroatoms. The summed E-state index contributed by atoms with van der Waals surface area (Å²) in [5, 5.41) is 14.9. The minimum absolute atomic E-state index is 0.0824. The molecule has 0 fully saturated rings. The molecule has 0 unspecified atom stereocenters. The molecule has 1 aromatic heterocycles. The SMILES string of the molecule is N=[N+]=Nc1ccsc1[N+](=O)[O-]. The summed E-state index contributed by atoms with van der Waals surface area (Å²) >= 11 is 0.961. The van der Waals surface area contributed by atoms with E-state index in [1.54, 1.807) is 0 Å². The Labute approximate surface area is 64.9 Å². The zero-order valence-corrected chi connectivity index (χ0v) is 6.04. The van der Waals surface area contributed by atoms with Crippen LogP contribution in [-0.2, 0) is 0 Å². The van der Waals surface area contributed by atoms with Gasteiger partial charge < -0.3 is 0 Å². The van der Waals surface area contributed by atoms with Gasteiger partial charge in [-0.15, -0.1) is 0 Å². The third-order valence-electron chi connectivity index (χ3n) is 0.948. The Morgan fingerprint density at radius 3 is 3.09 bits per heavy atom. The Kier molecular flexibility index (Phi) is 2.05. The van der Waals surface area contributed by atoms with E-state index in [0.29, 0.717) is 0 Å². The fourth-order valence-electron chi connectivity index (χ4n) is 0.561. The molecule has 0 atom stereocenters. The molecule has 0 saturated carbocycles. The van der Waals surface area contributed by atoms with E-state index < -0.39 is 4.92 Å². The summed E-state index contributed by atoms with van der Waals surface area (Å²) in [4.78, 5) is 12.4. The second kappa shape index (κ2) is 3.00. The molecule has 0 saturated heterocycles. The van der Waals surface area contributed by atoms with E-state index in [0.717, 1.165) is 11.3 Å². The average molecular weight is 171 g/mol. The first-order chi connectivity index (χ1) is 5.25. The maximum Gasteiger partial charge on any atom is 0.357 e. The van der Waals surface area contributed by atoms with E-state index in [-0.39, 0.29) is 10.7 Å². The molecule has 0 aliphatic heterocycles. The van der Waals surface area contributed by atoms with E-state index in [2.05, 4.69) is 10.0 Å². The number of rotatable bonds is 2. The van der Waals surface area contributed by atoms with E-state index in [9.17, 15) is 10.1 Å². The standard InChI is InChI=1S/C4H3N4O2S/c5-7-6-3-1-2-11-4(3)8(9)10/h1-2,5H/q+1. The summed E-state index contributed by atoms with van der Waals surface area (Å²) < 4.78 is 0. The van der Waals surface area contributed by atoms with Crippen LogP contribution < -0.4 is 4.91 Å². The van der Waals surface area contributed by atoms with Crippen LogP contribution in [0, 0.1) is 15.6 Å². The molecule has 0 aliphatic rings. The Hall–Kier alpha value is -1.59. The summed E-state index contributed by atoms with van der Waals surface area (Å²) in [7, 11) is 0. The highest BCUT2D eigenvalue weighted by atomic mass is 32.1. The van der Waals surface area contributed by atoms with Crippen molar-refractivity contribution in [3.63, 3.8) is 0 Å². The summed E-state index contributed by atoms with van der Waals surface area (Å²) in [5.41, 5.74) is 6.49. The van der Waals surface area contributed by atoms with Crippen LogP contribution in [0.4, 0.5) is 10.7 Å². The first-order valence-corrected chi connectivity index (χ1v) is 3.43. The lowest BCUT2D eigenvalue weighted by Gasteiger charge is -1.79. The highest BCUT2D eigenvalue weighted by Gasteiger charge is 2.17.